The number of nitrogens with one attached hydrogen (secondary N) is 1. The van der Waals surface area contributed by atoms with Crippen LogP contribution in [0.15, 0.2) is 24.3 Å². The van der Waals surface area contributed by atoms with Crippen LogP contribution in [0.1, 0.15) is 33.1 Å². The van der Waals surface area contributed by atoms with Crippen molar-refractivity contribution in [2.45, 2.75) is 38.6 Å². The van der Waals surface area contributed by atoms with Crippen LogP contribution in [0.4, 0.5) is 5.69 Å². The van der Waals surface area contributed by atoms with Gasteiger partial charge in [-0.3, -0.25) is 9.59 Å². The Hall–Kier alpha value is -1.79. The van der Waals surface area contributed by atoms with E-state index in [-0.39, 0.29) is 42.8 Å². The first-order valence-corrected chi connectivity index (χ1v) is 8.07. The van der Waals surface area contributed by atoms with Gasteiger partial charge in [-0.1, -0.05) is 26.0 Å². The standard InChI is InChI=1S/C17H25N3O3.ClH/c1-3-17(18,4-2)12-19-15(21)9-10-20-13-7-5-6-8-14(13)23-11-16(20)22;/h5-8H,3-4,9-12,18H2,1-2H3,(H,19,21);1H. The number of fused-ring (bicyclic) bond motifs is 1. The highest BCUT2D eigenvalue weighted by atomic mass is 35.5. The molecule has 0 saturated carbocycles. The van der Waals surface area contributed by atoms with Crippen molar-refractivity contribution in [2.75, 3.05) is 24.6 Å². The second-order valence-electron chi connectivity index (χ2n) is 5.90. The molecule has 6 nitrogen and oxygen atoms in total. The fraction of sp³-hybridized carbons (Fsp3) is 0.529. The third kappa shape index (κ3) is 4.85. The molecule has 0 saturated heterocycles. The predicted molar refractivity (Wildman–Crippen MR) is 96.7 cm³/mol. The Morgan fingerprint density at radius 2 is 2.00 bits per heavy atom. The van der Waals surface area contributed by atoms with Crippen LogP contribution in [0.25, 0.3) is 0 Å². The van der Waals surface area contributed by atoms with Crippen molar-refractivity contribution in [1.29, 1.82) is 0 Å². The summed E-state index contributed by atoms with van der Waals surface area (Å²) >= 11 is 0. The topological polar surface area (TPSA) is 84.7 Å². The zero-order chi connectivity index (χ0) is 16.9. The summed E-state index contributed by atoms with van der Waals surface area (Å²) in [6.45, 7) is 4.82. The monoisotopic (exact) mass is 355 g/mol. The fourth-order valence-corrected chi connectivity index (χ4v) is 2.48. The van der Waals surface area contributed by atoms with Gasteiger partial charge in [-0.15, -0.1) is 12.4 Å². The van der Waals surface area contributed by atoms with Crippen molar-refractivity contribution in [3.05, 3.63) is 24.3 Å². The van der Waals surface area contributed by atoms with Gasteiger partial charge in [0.1, 0.15) is 5.75 Å². The average Bonchev–Trinajstić information content (AvgIpc) is 2.58. The minimum Gasteiger partial charge on any atom is -0.482 e. The molecule has 0 spiro atoms. The molecular weight excluding hydrogens is 330 g/mol. The molecule has 24 heavy (non-hydrogen) atoms. The zero-order valence-electron chi connectivity index (χ0n) is 14.2. The third-order valence-electron chi connectivity index (χ3n) is 4.42. The summed E-state index contributed by atoms with van der Waals surface area (Å²) in [6.07, 6.45) is 1.85. The lowest BCUT2D eigenvalue weighted by Gasteiger charge is -2.29. The predicted octanol–water partition coefficient (Wildman–Crippen LogP) is 1.86. The highest BCUT2D eigenvalue weighted by molar-refractivity contribution is 5.98. The molecule has 0 atom stereocenters. The number of nitrogens with zero attached hydrogens (tertiary/aromatic N) is 1. The van der Waals surface area contributed by atoms with E-state index in [0.29, 0.717) is 24.5 Å². The van der Waals surface area contributed by atoms with Crippen molar-refractivity contribution in [3.8, 4) is 5.75 Å². The van der Waals surface area contributed by atoms with Crippen LogP contribution in [0.3, 0.4) is 0 Å². The Kier molecular flexibility index (Phi) is 7.51. The Bertz CT molecular complexity index is 576. The summed E-state index contributed by atoms with van der Waals surface area (Å²) in [4.78, 5) is 25.7. The number of halogens is 1. The summed E-state index contributed by atoms with van der Waals surface area (Å²) in [5, 5.41) is 2.87. The average molecular weight is 356 g/mol. The largest absolute Gasteiger partial charge is 0.482 e. The normalized spacial score (nSPS) is 13.6. The van der Waals surface area contributed by atoms with E-state index in [0.717, 1.165) is 12.8 Å². The number of carbonyl (C=O) groups excluding carboxylic acids is 2. The molecule has 0 radical (unpaired) electrons. The van der Waals surface area contributed by atoms with E-state index in [1.54, 1.807) is 4.90 Å². The number of hydrogen-bond acceptors (Lipinski definition) is 4. The second-order valence-corrected chi connectivity index (χ2v) is 5.90. The Balaban J connectivity index is 0.00000288. The van der Waals surface area contributed by atoms with E-state index in [1.165, 1.54) is 0 Å². The summed E-state index contributed by atoms with van der Waals surface area (Å²) in [5.74, 6) is 0.440. The van der Waals surface area contributed by atoms with Crippen molar-refractivity contribution in [1.82, 2.24) is 5.32 Å². The van der Waals surface area contributed by atoms with Crippen molar-refractivity contribution in [3.63, 3.8) is 0 Å². The summed E-state index contributed by atoms with van der Waals surface area (Å²) in [5.41, 5.74) is 6.52. The lowest BCUT2D eigenvalue weighted by Crippen LogP contribution is -2.49. The van der Waals surface area contributed by atoms with Gasteiger partial charge < -0.3 is 20.7 Å². The van der Waals surface area contributed by atoms with Crippen LogP contribution < -0.4 is 20.7 Å². The van der Waals surface area contributed by atoms with E-state index in [2.05, 4.69) is 5.32 Å². The SMILES string of the molecule is CCC(N)(CC)CNC(=O)CCN1C(=O)COc2ccccc21.Cl. The maximum atomic E-state index is 12.0. The number of anilines is 1. The molecule has 2 amide bonds. The van der Waals surface area contributed by atoms with Gasteiger partial charge in [-0.05, 0) is 25.0 Å². The summed E-state index contributed by atoms with van der Waals surface area (Å²) < 4.78 is 5.39. The highest BCUT2D eigenvalue weighted by Gasteiger charge is 2.26. The van der Waals surface area contributed by atoms with Gasteiger partial charge in [0.25, 0.3) is 5.91 Å². The van der Waals surface area contributed by atoms with Crippen LogP contribution >= 0.6 is 12.4 Å². The van der Waals surface area contributed by atoms with E-state index in [9.17, 15) is 9.59 Å². The van der Waals surface area contributed by atoms with Crippen LogP contribution in [-0.4, -0.2) is 37.0 Å². The molecule has 1 heterocycles. The first-order valence-electron chi connectivity index (χ1n) is 8.07. The highest BCUT2D eigenvalue weighted by Crippen LogP contribution is 2.31. The van der Waals surface area contributed by atoms with Gasteiger partial charge in [0, 0.05) is 25.0 Å². The lowest BCUT2D eigenvalue weighted by atomic mass is 9.94. The molecule has 2 rings (SSSR count). The zero-order valence-corrected chi connectivity index (χ0v) is 15.0. The maximum Gasteiger partial charge on any atom is 0.265 e. The smallest absolute Gasteiger partial charge is 0.265 e. The Labute approximate surface area is 149 Å². The Morgan fingerprint density at radius 3 is 2.67 bits per heavy atom. The quantitative estimate of drug-likeness (QED) is 0.781. The first kappa shape index (κ1) is 20.3. The van der Waals surface area contributed by atoms with Crippen molar-refractivity contribution in [2.24, 2.45) is 5.73 Å². The van der Waals surface area contributed by atoms with E-state index >= 15 is 0 Å². The molecule has 0 aromatic heterocycles. The van der Waals surface area contributed by atoms with E-state index in [4.69, 9.17) is 10.5 Å². The second kappa shape index (κ2) is 8.89. The van der Waals surface area contributed by atoms with Gasteiger partial charge in [-0.25, -0.2) is 0 Å². The number of ether oxygens (including phenoxy) is 1. The van der Waals surface area contributed by atoms with Crippen molar-refractivity contribution >= 4 is 29.9 Å². The lowest BCUT2D eigenvalue weighted by molar-refractivity contribution is -0.122. The third-order valence-corrected chi connectivity index (χ3v) is 4.42. The molecule has 0 aliphatic carbocycles. The molecule has 0 bridgehead atoms. The number of hydrogen-bond donors (Lipinski definition) is 2. The molecule has 1 aromatic carbocycles. The maximum absolute atomic E-state index is 12.0. The minimum atomic E-state index is -0.364. The van der Waals surface area contributed by atoms with Crippen LogP contribution in [0, 0.1) is 0 Å². The van der Waals surface area contributed by atoms with Gasteiger partial charge in [-0.2, -0.15) is 0 Å². The molecular formula is C17H26ClN3O3. The molecule has 1 aliphatic heterocycles. The summed E-state index contributed by atoms with van der Waals surface area (Å²) in [6, 6.07) is 7.35. The van der Waals surface area contributed by atoms with Gasteiger partial charge in [0.15, 0.2) is 6.61 Å². The number of para-hydroxylation sites is 2. The number of benzene rings is 1. The first-order chi connectivity index (χ1) is 11.0. The van der Waals surface area contributed by atoms with E-state index < -0.39 is 0 Å². The van der Waals surface area contributed by atoms with Gasteiger partial charge in [0.2, 0.25) is 5.91 Å². The Morgan fingerprint density at radius 1 is 1.33 bits per heavy atom. The van der Waals surface area contributed by atoms with Crippen LogP contribution in [0.2, 0.25) is 0 Å². The van der Waals surface area contributed by atoms with Gasteiger partial charge in [0.05, 0.1) is 5.69 Å². The summed E-state index contributed by atoms with van der Waals surface area (Å²) in [7, 11) is 0. The molecule has 0 fully saturated rings. The molecule has 1 aliphatic rings. The van der Waals surface area contributed by atoms with Gasteiger partial charge >= 0.3 is 0 Å². The molecule has 3 N–H and O–H groups in total. The number of rotatable bonds is 7. The van der Waals surface area contributed by atoms with Crippen LogP contribution in [-0.2, 0) is 9.59 Å². The fourth-order valence-electron chi connectivity index (χ4n) is 2.48. The van der Waals surface area contributed by atoms with E-state index in [1.807, 2.05) is 38.1 Å². The molecule has 134 valence electrons. The van der Waals surface area contributed by atoms with Crippen LogP contribution in [0.5, 0.6) is 5.75 Å². The molecule has 1 aromatic rings. The minimum absolute atomic E-state index is 0. The number of nitrogens with two attached hydrogens (primary N) is 1. The molecule has 0 unspecified atom stereocenters. The number of amides is 2. The molecule has 7 heteroatoms. The number of carbonyl (C=O) groups is 2. The van der Waals surface area contributed by atoms with Crippen molar-refractivity contribution < 1.29 is 14.3 Å².